The highest BCUT2D eigenvalue weighted by Crippen LogP contribution is 2.22. The van der Waals surface area contributed by atoms with Gasteiger partial charge in [-0.2, -0.15) is 0 Å². The van der Waals surface area contributed by atoms with Crippen LogP contribution in [0.25, 0.3) is 0 Å². The summed E-state index contributed by atoms with van der Waals surface area (Å²) >= 11 is 0. The molecule has 2 heterocycles. The summed E-state index contributed by atoms with van der Waals surface area (Å²) in [6, 6.07) is 0.306. The van der Waals surface area contributed by atoms with Crippen molar-refractivity contribution in [2.45, 2.75) is 52.0 Å². The first kappa shape index (κ1) is 16.4. The molecule has 0 aromatic heterocycles. The number of nitrogens with zero attached hydrogens (tertiary/aromatic N) is 1. The van der Waals surface area contributed by atoms with Crippen molar-refractivity contribution in [3.8, 4) is 0 Å². The lowest BCUT2D eigenvalue weighted by Crippen LogP contribution is -2.34. The predicted molar refractivity (Wildman–Crippen MR) is 94.3 cm³/mol. The number of dihydropyridines is 2. The molecule has 2 aliphatic heterocycles. The van der Waals surface area contributed by atoms with Crippen LogP contribution in [0.4, 0.5) is 0 Å². The van der Waals surface area contributed by atoms with E-state index in [1.54, 1.807) is 6.20 Å². The second-order valence-corrected chi connectivity index (χ2v) is 6.39. The SMILES string of the molecule is CCC1=CC(=C2C=CC(C(=O)NC3CCCC3)=CN2)C(C)=NC1=O. The van der Waals surface area contributed by atoms with Crippen molar-refractivity contribution in [1.29, 1.82) is 0 Å². The molecule has 0 unspecified atom stereocenters. The Morgan fingerprint density at radius 3 is 2.71 bits per heavy atom. The molecule has 1 fully saturated rings. The number of amides is 2. The van der Waals surface area contributed by atoms with Crippen LogP contribution in [-0.2, 0) is 9.59 Å². The second-order valence-electron chi connectivity index (χ2n) is 6.39. The van der Waals surface area contributed by atoms with Crippen molar-refractivity contribution in [2.24, 2.45) is 4.99 Å². The third kappa shape index (κ3) is 3.40. The summed E-state index contributed by atoms with van der Waals surface area (Å²) in [5, 5.41) is 6.25. The van der Waals surface area contributed by atoms with E-state index in [2.05, 4.69) is 15.6 Å². The number of carbonyl (C=O) groups excluding carboxylic acids is 2. The number of hydrogen-bond acceptors (Lipinski definition) is 3. The molecule has 0 spiro atoms. The van der Waals surface area contributed by atoms with E-state index in [9.17, 15) is 9.59 Å². The lowest BCUT2D eigenvalue weighted by Gasteiger charge is -2.18. The summed E-state index contributed by atoms with van der Waals surface area (Å²) in [6.07, 6.45) is 12.5. The van der Waals surface area contributed by atoms with Crippen LogP contribution in [0.2, 0.25) is 0 Å². The molecule has 2 amide bonds. The Morgan fingerprint density at radius 2 is 2.08 bits per heavy atom. The second kappa shape index (κ2) is 6.99. The van der Waals surface area contributed by atoms with Crippen LogP contribution in [0, 0.1) is 0 Å². The van der Waals surface area contributed by atoms with Crippen LogP contribution in [-0.4, -0.2) is 23.6 Å². The third-order valence-electron chi connectivity index (χ3n) is 4.69. The van der Waals surface area contributed by atoms with Gasteiger partial charge in [0.2, 0.25) is 0 Å². The molecule has 0 radical (unpaired) electrons. The summed E-state index contributed by atoms with van der Waals surface area (Å²) in [7, 11) is 0. The van der Waals surface area contributed by atoms with Crippen molar-refractivity contribution in [3.05, 3.63) is 46.8 Å². The van der Waals surface area contributed by atoms with Crippen molar-refractivity contribution in [3.63, 3.8) is 0 Å². The maximum absolute atomic E-state index is 12.3. The molecule has 5 nitrogen and oxygen atoms in total. The highest BCUT2D eigenvalue weighted by Gasteiger charge is 2.21. The van der Waals surface area contributed by atoms with E-state index in [0.717, 1.165) is 24.1 Å². The first-order valence-corrected chi connectivity index (χ1v) is 8.59. The summed E-state index contributed by atoms with van der Waals surface area (Å²) in [5.74, 6) is -0.199. The molecule has 0 atom stereocenters. The number of carbonyl (C=O) groups is 2. The molecule has 1 aliphatic carbocycles. The van der Waals surface area contributed by atoms with Crippen LogP contribution < -0.4 is 10.6 Å². The minimum atomic E-state index is -0.161. The molecule has 0 saturated heterocycles. The predicted octanol–water partition coefficient (Wildman–Crippen LogP) is 2.68. The Bertz CT molecular complexity index is 717. The van der Waals surface area contributed by atoms with Gasteiger partial charge in [-0.15, -0.1) is 0 Å². The van der Waals surface area contributed by atoms with Crippen molar-refractivity contribution in [2.75, 3.05) is 0 Å². The largest absolute Gasteiger partial charge is 0.360 e. The van der Waals surface area contributed by atoms with E-state index in [4.69, 9.17) is 0 Å². The standard InChI is InChI=1S/C19H23N3O2/c1-3-13-10-16(12(2)21-18(13)23)17-9-8-14(11-20-17)19(24)22-15-6-4-5-7-15/h8-11,15,20H,3-7H2,1-2H3,(H,22,24). The van der Waals surface area contributed by atoms with Crippen LogP contribution in [0.1, 0.15) is 46.0 Å². The Morgan fingerprint density at radius 1 is 1.33 bits per heavy atom. The van der Waals surface area contributed by atoms with Crippen LogP contribution in [0.5, 0.6) is 0 Å². The molecular formula is C19H23N3O2. The summed E-state index contributed by atoms with van der Waals surface area (Å²) in [5.41, 5.74) is 3.76. The zero-order valence-electron chi connectivity index (χ0n) is 14.2. The minimum Gasteiger partial charge on any atom is -0.360 e. The van der Waals surface area contributed by atoms with Crippen molar-refractivity contribution < 1.29 is 9.59 Å². The lowest BCUT2D eigenvalue weighted by atomic mass is 9.98. The van der Waals surface area contributed by atoms with Gasteiger partial charge >= 0.3 is 0 Å². The first-order valence-electron chi connectivity index (χ1n) is 8.59. The Labute approximate surface area is 142 Å². The Hall–Kier alpha value is -2.43. The van der Waals surface area contributed by atoms with E-state index in [-0.39, 0.29) is 11.8 Å². The van der Waals surface area contributed by atoms with Crippen LogP contribution in [0.3, 0.4) is 0 Å². The maximum atomic E-state index is 12.3. The fourth-order valence-corrected chi connectivity index (χ4v) is 3.22. The van der Waals surface area contributed by atoms with E-state index in [0.29, 0.717) is 29.3 Å². The molecule has 0 aromatic carbocycles. The smallest absolute Gasteiger partial charge is 0.273 e. The number of nitrogens with one attached hydrogen (secondary N) is 2. The zero-order chi connectivity index (χ0) is 17.1. The van der Waals surface area contributed by atoms with E-state index in [1.165, 1.54) is 12.8 Å². The van der Waals surface area contributed by atoms with Gasteiger partial charge in [-0.1, -0.05) is 19.8 Å². The zero-order valence-corrected chi connectivity index (χ0v) is 14.2. The fourth-order valence-electron chi connectivity index (χ4n) is 3.22. The van der Waals surface area contributed by atoms with Gasteiger partial charge in [0.15, 0.2) is 0 Å². The number of aliphatic imine (C=N–C) groups is 1. The van der Waals surface area contributed by atoms with E-state index >= 15 is 0 Å². The topological polar surface area (TPSA) is 70.6 Å². The molecule has 126 valence electrons. The van der Waals surface area contributed by atoms with Gasteiger partial charge in [0, 0.05) is 29.1 Å². The van der Waals surface area contributed by atoms with Gasteiger partial charge in [-0.25, -0.2) is 4.99 Å². The molecule has 3 aliphatic rings. The molecular weight excluding hydrogens is 302 g/mol. The fraction of sp³-hybridized carbons (Fsp3) is 0.421. The third-order valence-corrected chi connectivity index (χ3v) is 4.69. The van der Waals surface area contributed by atoms with Gasteiger partial charge in [-0.05, 0) is 44.4 Å². The molecule has 24 heavy (non-hydrogen) atoms. The van der Waals surface area contributed by atoms with E-state index < -0.39 is 0 Å². The van der Waals surface area contributed by atoms with Crippen LogP contribution >= 0.6 is 0 Å². The average Bonchev–Trinajstić information content (AvgIpc) is 3.08. The number of allylic oxidation sites excluding steroid dienone is 3. The lowest BCUT2D eigenvalue weighted by molar-refractivity contribution is -0.118. The minimum absolute atomic E-state index is 0.0382. The van der Waals surface area contributed by atoms with Crippen LogP contribution in [0.15, 0.2) is 51.8 Å². The van der Waals surface area contributed by atoms with E-state index in [1.807, 2.05) is 32.1 Å². The van der Waals surface area contributed by atoms with Gasteiger partial charge in [-0.3, -0.25) is 9.59 Å². The monoisotopic (exact) mass is 325 g/mol. The molecule has 1 saturated carbocycles. The summed E-state index contributed by atoms with van der Waals surface area (Å²) in [6.45, 7) is 3.77. The highest BCUT2D eigenvalue weighted by molar-refractivity contribution is 6.15. The highest BCUT2D eigenvalue weighted by atomic mass is 16.2. The molecule has 2 N–H and O–H groups in total. The number of hydrogen-bond donors (Lipinski definition) is 2. The average molecular weight is 325 g/mol. The summed E-state index contributed by atoms with van der Waals surface area (Å²) in [4.78, 5) is 28.2. The Balaban J connectivity index is 1.73. The molecule has 5 heteroatoms. The molecule has 3 rings (SSSR count). The van der Waals surface area contributed by atoms with Gasteiger partial charge < -0.3 is 10.6 Å². The van der Waals surface area contributed by atoms with Gasteiger partial charge in [0.25, 0.3) is 11.8 Å². The Kier molecular flexibility index (Phi) is 4.79. The normalized spacial score (nSPS) is 24.2. The molecule has 0 bridgehead atoms. The summed E-state index contributed by atoms with van der Waals surface area (Å²) < 4.78 is 0. The molecule has 0 aromatic rings. The number of rotatable bonds is 3. The quantitative estimate of drug-likeness (QED) is 0.838. The van der Waals surface area contributed by atoms with Crippen molar-refractivity contribution >= 4 is 17.5 Å². The maximum Gasteiger partial charge on any atom is 0.273 e. The van der Waals surface area contributed by atoms with Gasteiger partial charge in [0.05, 0.1) is 11.3 Å². The van der Waals surface area contributed by atoms with Crippen molar-refractivity contribution in [1.82, 2.24) is 10.6 Å². The first-order chi connectivity index (χ1) is 11.6. The van der Waals surface area contributed by atoms with Gasteiger partial charge in [0.1, 0.15) is 0 Å².